The number of benzene rings is 2. The van der Waals surface area contributed by atoms with Crippen molar-refractivity contribution >= 4 is 21.6 Å². The van der Waals surface area contributed by atoms with E-state index in [2.05, 4.69) is 47.7 Å². The molecule has 2 heterocycles. The van der Waals surface area contributed by atoms with Crippen molar-refractivity contribution in [2.45, 2.75) is 63.6 Å². The smallest absolute Gasteiger partial charge is 0.224 e. The molecule has 2 fully saturated rings. The molecule has 34 heavy (non-hydrogen) atoms. The number of nitrogens with zero attached hydrogens (tertiary/aromatic N) is 2. The van der Waals surface area contributed by atoms with Crippen LogP contribution in [0.4, 0.5) is 10.1 Å². The van der Waals surface area contributed by atoms with Crippen molar-refractivity contribution in [1.29, 1.82) is 0 Å². The number of carbonyl (C=O) groups excluding carboxylic acids is 1. The fourth-order valence-corrected chi connectivity index (χ4v) is 6.33. The summed E-state index contributed by atoms with van der Waals surface area (Å²) in [4.78, 5) is 17.5. The molecule has 2 aromatic rings. The van der Waals surface area contributed by atoms with Crippen LogP contribution in [0.5, 0.6) is 0 Å². The van der Waals surface area contributed by atoms with Gasteiger partial charge in [-0.25, -0.2) is 17.5 Å². The molecular formula is C26H34FN3O3S. The van der Waals surface area contributed by atoms with Crippen LogP contribution in [-0.4, -0.2) is 56.2 Å². The molecule has 0 spiro atoms. The number of rotatable bonds is 7. The van der Waals surface area contributed by atoms with Gasteiger partial charge in [-0.05, 0) is 69.4 Å². The fraction of sp³-hybridized carbons (Fsp3) is 0.500. The maximum absolute atomic E-state index is 13.7. The molecule has 0 saturated carbocycles. The minimum atomic E-state index is -3.33. The highest BCUT2D eigenvalue weighted by Crippen LogP contribution is 2.45. The zero-order valence-corrected chi connectivity index (χ0v) is 20.9. The zero-order valence-electron chi connectivity index (χ0n) is 20.1. The highest BCUT2D eigenvalue weighted by atomic mass is 32.2. The van der Waals surface area contributed by atoms with Crippen molar-refractivity contribution in [3.63, 3.8) is 0 Å². The molecule has 8 heteroatoms. The third-order valence-corrected chi connectivity index (χ3v) is 7.83. The molecule has 0 unspecified atom stereocenters. The summed E-state index contributed by atoms with van der Waals surface area (Å²) in [5.41, 5.74) is 3.16. The van der Waals surface area contributed by atoms with E-state index in [0.29, 0.717) is 6.54 Å². The molecule has 4 rings (SSSR count). The molecule has 0 bridgehead atoms. The maximum atomic E-state index is 13.7. The zero-order chi connectivity index (χ0) is 24.5. The van der Waals surface area contributed by atoms with Gasteiger partial charge in [0.25, 0.3) is 0 Å². The van der Waals surface area contributed by atoms with E-state index < -0.39 is 10.0 Å². The Bertz CT molecular complexity index is 1140. The van der Waals surface area contributed by atoms with E-state index in [9.17, 15) is 17.6 Å². The Morgan fingerprint density at radius 1 is 1.18 bits per heavy atom. The highest BCUT2D eigenvalue weighted by Gasteiger charge is 2.52. The summed E-state index contributed by atoms with van der Waals surface area (Å²) in [5, 5.41) is 0. The van der Waals surface area contributed by atoms with Gasteiger partial charge < -0.3 is 9.80 Å². The largest absolute Gasteiger partial charge is 0.361 e. The number of likely N-dealkylation sites (tertiary alicyclic amines) is 1. The van der Waals surface area contributed by atoms with Crippen LogP contribution in [0.1, 0.15) is 43.7 Å². The Morgan fingerprint density at radius 2 is 1.91 bits per heavy atom. The summed E-state index contributed by atoms with van der Waals surface area (Å²) in [6, 6.07) is 15.3. The number of hydrogen-bond acceptors (Lipinski definition) is 4. The average Bonchev–Trinajstić information content (AvgIpc) is 3.04. The molecule has 0 aromatic heterocycles. The van der Waals surface area contributed by atoms with E-state index in [0.717, 1.165) is 37.6 Å². The molecule has 6 nitrogen and oxygen atoms in total. The monoisotopic (exact) mass is 487 g/mol. The number of aryl methyl sites for hydroxylation is 1. The minimum absolute atomic E-state index is 0.0234. The standard InChI is InChI=1S/C26H34FN3O3S/c1-19-6-4-7-20(16-19)17-26(2)18-24-23(30(26)22-11-9-21(27)10-12-22)8-5-15-29(24)25(31)13-14-28-34(3,32)33/h4,6-7,9-12,16,23-24,28H,5,8,13-15,17-18H2,1-3H3/t23-,24-,26+/m0/s1. The Hall–Kier alpha value is -2.45. The number of carbonyl (C=O) groups is 1. The Kier molecular flexibility index (Phi) is 7.01. The van der Waals surface area contributed by atoms with Crippen LogP contribution in [0, 0.1) is 12.7 Å². The number of fused-ring (bicyclic) bond motifs is 1. The topological polar surface area (TPSA) is 69.7 Å². The molecule has 2 saturated heterocycles. The number of piperidine rings is 1. The van der Waals surface area contributed by atoms with E-state index in [-0.39, 0.29) is 42.3 Å². The van der Waals surface area contributed by atoms with Gasteiger partial charge in [0.2, 0.25) is 15.9 Å². The van der Waals surface area contributed by atoms with Crippen LogP contribution in [0.25, 0.3) is 0 Å². The molecule has 184 valence electrons. The van der Waals surface area contributed by atoms with Crippen LogP contribution >= 0.6 is 0 Å². The molecular weight excluding hydrogens is 453 g/mol. The van der Waals surface area contributed by atoms with Crippen molar-refractivity contribution in [2.75, 3.05) is 24.2 Å². The molecule has 3 atom stereocenters. The summed E-state index contributed by atoms with van der Waals surface area (Å²) < 4.78 is 39.0. The molecule has 2 aliphatic heterocycles. The summed E-state index contributed by atoms with van der Waals surface area (Å²) in [5.74, 6) is -0.288. The molecule has 2 aromatic carbocycles. The van der Waals surface area contributed by atoms with Gasteiger partial charge in [-0.2, -0.15) is 0 Å². The first-order valence-corrected chi connectivity index (χ1v) is 13.8. The number of amides is 1. The van der Waals surface area contributed by atoms with Gasteiger partial charge in [-0.3, -0.25) is 4.79 Å². The van der Waals surface area contributed by atoms with Crippen LogP contribution in [-0.2, 0) is 21.2 Å². The third-order valence-electron chi connectivity index (χ3n) is 7.10. The summed E-state index contributed by atoms with van der Waals surface area (Å²) >= 11 is 0. The van der Waals surface area contributed by atoms with Crippen LogP contribution in [0.15, 0.2) is 48.5 Å². The van der Waals surface area contributed by atoms with Gasteiger partial charge >= 0.3 is 0 Å². The second-order valence-electron chi connectivity index (χ2n) is 9.99. The number of nitrogens with one attached hydrogen (secondary N) is 1. The van der Waals surface area contributed by atoms with E-state index in [1.165, 1.54) is 23.3 Å². The number of sulfonamides is 1. The van der Waals surface area contributed by atoms with Gasteiger partial charge in [0.15, 0.2) is 0 Å². The summed E-state index contributed by atoms with van der Waals surface area (Å²) in [6.45, 7) is 5.11. The number of halogens is 1. The van der Waals surface area contributed by atoms with Crippen LogP contribution in [0.2, 0.25) is 0 Å². The third kappa shape index (κ3) is 5.44. The Labute approximate surface area is 202 Å². The molecule has 1 N–H and O–H groups in total. The van der Waals surface area contributed by atoms with Crippen molar-refractivity contribution in [3.05, 3.63) is 65.5 Å². The number of hydrogen-bond donors (Lipinski definition) is 1. The van der Waals surface area contributed by atoms with E-state index in [4.69, 9.17) is 0 Å². The van der Waals surface area contributed by atoms with Gasteiger partial charge in [0.05, 0.1) is 18.3 Å². The summed E-state index contributed by atoms with van der Waals surface area (Å²) in [7, 11) is -3.33. The van der Waals surface area contributed by atoms with Crippen molar-refractivity contribution in [3.8, 4) is 0 Å². The quantitative estimate of drug-likeness (QED) is 0.647. The predicted octanol–water partition coefficient (Wildman–Crippen LogP) is 3.64. The van der Waals surface area contributed by atoms with Gasteiger partial charge in [-0.15, -0.1) is 0 Å². The summed E-state index contributed by atoms with van der Waals surface area (Å²) in [6.07, 6.45) is 4.69. The first-order valence-electron chi connectivity index (χ1n) is 11.9. The molecule has 0 radical (unpaired) electrons. The molecule has 1 amide bonds. The normalized spacial score (nSPS) is 24.8. The highest BCUT2D eigenvalue weighted by molar-refractivity contribution is 7.88. The van der Waals surface area contributed by atoms with E-state index in [1.54, 1.807) is 0 Å². The van der Waals surface area contributed by atoms with Gasteiger partial charge in [0, 0.05) is 30.7 Å². The predicted molar refractivity (Wildman–Crippen MR) is 133 cm³/mol. The second-order valence-corrected chi connectivity index (χ2v) is 11.8. The van der Waals surface area contributed by atoms with Gasteiger partial charge in [-0.1, -0.05) is 29.8 Å². The SMILES string of the molecule is Cc1cccc(C[C@]2(C)C[C@H]3[C@H](CCCN3C(=O)CCNS(C)(=O)=O)N2c2ccc(F)cc2)c1. The molecule has 2 aliphatic rings. The van der Waals surface area contributed by atoms with Crippen molar-refractivity contribution in [1.82, 2.24) is 9.62 Å². The van der Waals surface area contributed by atoms with Crippen molar-refractivity contribution in [2.24, 2.45) is 0 Å². The Morgan fingerprint density at radius 3 is 2.59 bits per heavy atom. The van der Waals surface area contributed by atoms with Crippen molar-refractivity contribution < 1.29 is 17.6 Å². The maximum Gasteiger partial charge on any atom is 0.224 e. The lowest BCUT2D eigenvalue weighted by molar-refractivity contribution is -0.134. The second kappa shape index (κ2) is 9.66. The Balaban J connectivity index is 1.63. The van der Waals surface area contributed by atoms with E-state index >= 15 is 0 Å². The molecule has 0 aliphatic carbocycles. The first-order chi connectivity index (χ1) is 16.1. The minimum Gasteiger partial charge on any atom is -0.361 e. The van der Waals surface area contributed by atoms with Crippen LogP contribution < -0.4 is 9.62 Å². The van der Waals surface area contributed by atoms with Gasteiger partial charge in [0.1, 0.15) is 5.82 Å². The first kappa shape index (κ1) is 24.7. The number of anilines is 1. The lowest BCUT2D eigenvalue weighted by Crippen LogP contribution is -2.53. The van der Waals surface area contributed by atoms with Crippen LogP contribution in [0.3, 0.4) is 0 Å². The average molecular weight is 488 g/mol. The fourth-order valence-electron chi connectivity index (χ4n) is 5.85. The lowest BCUT2D eigenvalue weighted by atomic mass is 9.87. The van der Waals surface area contributed by atoms with E-state index in [1.807, 2.05) is 17.0 Å². The lowest BCUT2D eigenvalue weighted by Gasteiger charge is -2.43.